The Morgan fingerprint density at radius 1 is 0.821 bits per heavy atom. The molecule has 0 radical (unpaired) electrons. The van der Waals surface area contributed by atoms with Crippen LogP contribution in [0.25, 0.3) is 11.1 Å². The molecule has 0 aromatic heterocycles. The normalized spacial score (nSPS) is 22.8. The van der Waals surface area contributed by atoms with Crippen molar-refractivity contribution in [3.8, 4) is 34.1 Å². The van der Waals surface area contributed by atoms with E-state index in [1.54, 1.807) is 0 Å². The van der Waals surface area contributed by atoms with Gasteiger partial charge in [0.1, 0.15) is 24.4 Å². The second-order valence-corrected chi connectivity index (χ2v) is 8.97. The molecule has 1 fully saturated rings. The predicted molar refractivity (Wildman–Crippen MR) is 133 cm³/mol. The number of aryl methyl sites for hydroxylation is 2. The molecular formula is C26H32O13. The first-order chi connectivity index (χ1) is 18.5. The van der Waals surface area contributed by atoms with Gasteiger partial charge in [-0.1, -0.05) is 0 Å². The van der Waals surface area contributed by atoms with Gasteiger partial charge in [0.2, 0.25) is 6.29 Å². The van der Waals surface area contributed by atoms with Crippen molar-refractivity contribution in [3.05, 3.63) is 35.4 Å². The first kappa shape index (κ1) is 29.9. The maximum Gasteiger partial charge on any atom is 0.303 e. The van der Waals surface area contributed by atoms with Crippen molar-refractivity contribution in [1.82, 2.24) is 0 Å². The van der Waals surface area contributed by atoms with Crippen LogP contribution in [0.3, 0.4) is 0 Å². The van der Waals surface area contributed by atoms with Crippen molar-refractivity contribution in [1.29, 1.82) is 0 Å². The highest BCUT2D eigenvalue weighted by Gasteiger charge is 2.45. The molecule has 0 bridgehead atoms. The summed E-state index contributed by atoms with van der Waals surface area (Å²) in [7, 11) is 2.62. The van der Waals surface area contributed by atoms with E-state index in [1.807, 2.05) is 0 Å². The Morgan fingerprint density at radius 2 is 1.36 bits per heavy atom. The van der Waals surface area contributed by atoms with Gasteiger partial charge in [0.15, 0.2) is 23.0 Å². The number of hydrogen-bond acceptors (Lipinski definition) is 11. The minimum atomic E-state index is -1.75. The summed E-state index contributed by atoms with van der Waals surface area (Å²) in [5, 5.41) is 69.7. The molecule has 2 aromatic rings. The molecule has 1 saturated heterocycles. The third-order valence-electron chi connectivity index (χ3n) is 6.32. The van der Waals surface area contributed by atoms with Crippen LogP contribution in [-0.2, 0) is 27.2 Å². The molecule has 0 amide bonds. The number of carboxylic acids is 2. The van der Waals surface area contributed by atoms with Gasteiger partial charge in [-0.05, 0) is 48.2 Å². The molecule has 0 spiro atoms. The summed E-state index contributed by atoms with van der Waals surface area (Å²) < 4.78 is 22.2. The molecule has 1 heterocycles. The standard InChI is InChI=1S/C26H32O13/c1-36-16-9-12(3-5-19(28)29)7-14(21(16)32)15-8-13(4-6-20(30)31)10-17(37-2)25(15)39-26-24(35)23(34)22(33)18(11-27)38-26/h7-10,18,22-24,26-27,32-35H,3-6,11H2,1-2H3,(H,28,29)(H,30,31)/t18-,22-,23+,24-,26-/m1/s1. The van der Waals surface area contributed by atoms with E-state index in [1.165, 1.54) is 38.5 Å². The summed E-state index contributed by atoms with van der Waals surface area (Å²) in [5.41, 5.74) is 1.25. The number of aromatic hydroxyl groups is 1. The van der Waals surface area contributed by atoms with Crippen molar-refractivity contribution < 1.29 is 64.3 Å². The molecular weight excluding hydrogens is 520 g/mol. The van der Waals surface area contributed by atoms with Crippen LogP contribution in [0.4, 0.5) is 0 Å². The van der Waals surface area contributed by atoms with Crippen LogP contribution in [0, 0.1) is 0 Å². The Hall–Kier alpha value is -3.62. The molecule has 3 rings (SSSR count). The maximum absolute atomic E-state index is 11.2. The van der Waals surface area contributed by atoms with Crippen LogP contribution < -0.4 is 14.2 Å². The summed E-state index contributed by atoms with van der Waals surface area (Å²) >= 11 is 0. The minimum absolute atomic E-state index is 0.0292. The number of methoxy groups -OCH3 is 2. The molecule has 1 aliphatic heterocycles. The Bertz CT molecular complexity index is 1180. The number of aliphatic carboxylic acids is 2. The molecule has 13 heteroatoms. The predicted octanol–water partition coefficient (Wildman–Crippen LogP) is 0.289. The minimum Gasteiger partial charge on any atom is -0.504 e. The smallest absolute Gasteiger partial charge is 0.303 e. The van der Waals surface area contributed by atoms with Crippen LogP contribution in [0.2, 0.25) is 0 Å². The second kappa shape index (κ2) is 13.0. The Labute approximate surface area is 223 Å². The molecule has 0 unspecified atom stereocenters. The Kier molecular flexibility index (Phi) is 9.94. The highest BCUT2D eigenvalue weighted by molar-refractivity contribution is 5.82. The molecule has 214 valence electrons. The maximum atomic E-state index is 11.2. The summed E-state index contributed by atoms with van der Waals surface area (Å²) in [5.74, 6) is -2.42. The topological polar surface area (TPSA) is 213 Å². The molecule has 0 aliphatic carbocycles. The number of benzene rings is 2. The van der Waals surface area contributed by atoms with Crippen LogP contribution in [-0.4, -0.2) is 99.2 Å². The molecule has 0 saturated carbocycles. The number of carbonyl (C=O) groups is 2. The van der Waals surface area contributed by atoms with Gasteiger partial charge in [-0.15, -0.1) is 0 Å². The van der Waals surface area contributed by atoms with E-state index in [-0.39, 0.29) is 59.8 Å². The third-order valence-corrected chi connectivity index (χ3v) is 6.32. The molecule has 13 nitrogen and oxygen atoms in total. The van der Waals surface area contributed by atoms with Crippen LogP contribution >= 0.6 is 0 Å². The number of rotatable bonds is 12. The van der Waals surface area contributed by atoms with Crippen LogP contribution in [0.15, 0.2) is 24.3 Å². The average Bonchev–Trinajstić information content (AvgIpc) is 2.91. The lowest BCUT2D eigenvalue weighted by molar-refractivity contribution is -0.277. The monoisotopic (exact) mass is 552 g/mol. The highest BCUT2D eigenvalue weighted by atomic mass is 16.7. The van der Waals surface area contributed by atoms with Gasteiger partial charge < -0.3 is 54.7 Å². The zero-order valence-corrected chi connectivity index (χ0v) is 21.3. The van der Waals surface area contributed by atoms with Crippen molar-refractivity contribution in [2.45, 2.75) is 56.4 Å². The molecule has 2 aromatic carbocycles. The van der Waals surface area contributed by atoms with Crippen molar-refractivity contribution >= 4 is 11.9 Å². The van der Waals surface area contributed by atoms with Gasteiger partial charge >= 0.3 is 11.9 Å². The Balaban J connectivity index is 2.19. The summed E-state index contributed by atoms with van der Waals surface area (Å²) in [6.07, 6.45) is -8.21. The zero-order chi connectivity index (χ0) is 28.9. The van der Waals surface area contributed by atoms with Gasteiger partial charge in [0, 0.05) is 24.0 Å². The molecule has 1 aliphatic rings. The van der Waals surface area contributed by atoms with E-state index in [9.17, 15) is 35.1 Å². The number of phenolic OH excluding ortho intramolecular Hbond substituents is 1. The van der Waals surface area contributed by atoms with Crippen molar-refractivity contribution in [2.75, 3.05) is 20.8 Å². The van der Waals surface area contributed by atoms with E-state index in [4.69, 9.17) is 29.2 Å². The average molecular weight is 553 g/mol. The van der Waals surface area contributed by atoms with Gasteiger partial charge in [-0.2, -0.15) is 0 Å². The van der Waals surface area contributed by atoms with E-state index in [2.05, 4.69) is 0 Å². The number of aliphatic hydroxyl groups is 4. The van der Waals surface area contributed by atoms with E-state index >= 15 is 0 Å². The second-order valence-electron chi connectivity index (χ2n) is 8.97. The van der Waals surface area contributed by atoms with Gasteiger partial charge in [-0.25, -0.2) is 0 Å². The number of phenols is 1. The third kappa shape index (κ3) is 6.88. The number of carboxylic acid groups (broad SMARTS) is 2. The number of hydrogen-bond donors (Lipinski definition) is 7. The lowest BCUT2D eigenvalue weighted by Gasteiger charge is -2.40. The lowest BCUT2D eigenvalue weighted by Crippen LogP contribution is -2.60. The van der Waals surface area contributed by atoms with Gasteiger partial charge in [-0.3, -0.25) is 9.59 Å². The van der Waals surface area contributed by atoms with Gasteiger partial charge in [0.05, 0.1) is 20.8 Å². The number of aliphatic hydroxyl groups excluding tert-OH is 4. The van der Waals surface area contributed by atoms with Crippen LogP contribution in [0.1, 0.15) is 24.0 Å². The van der Waals surface area contributed by atoms with E-state index in [0.717, 1.165) is 0 Å². The van der Waals surface area contributed by atoms with E-state index < -0.39 is 49.3 Å². The Morgan fingerprint density at radius 3 is 1.87 bits per heavy atom. The quantitative estimate of drug-likeness (QED) is 0.189. The van der Waals surface area contributed by atoms with Crippen LogP contribution in [0.5, 0.6) is 23.0 Å². The molecule has 7 N–H and O–H groups in total. The lowest BCUT2D eigenvalue weighted by atomic mass is 9.95. The van der Waals surface area contributed by atoms with Crippen molar-refractivity contribution in [3.63, 3.8) is 0 Å². The zero-order valence-electron chi connectivity index (χ0n) is 21.3. The fourth-order valence-corrected chi connectivity index (χ4v) is 4.23. The largest absolute Gasteiger partial charge is 0.504 e. The summed E-state index contributed by atoms with van der Waals surface area (Å²) in [4.78, 5) is 22.4. The molecule has 5 atom stereocenters. The first-order valence-corrected chi connectivity index (χ1v) is 12.0. The molecule has 39 heavy (non-hydrogen) atoms. The fraction of sp³-hybridized carbons (Fsp3) is 0.462. The first-order valence-electron chi connectivity index (χ1n) is 12.0. The summed E-state index contributed by atoms with van der Waals surface area (Å²) in [6, 6.07) is 6.01. The van der Waals surface area contributed by atoms with E-state index in [0.29, 0.717) is 11.1 Å². The van der Waals surface area contributed by atoms with Crippen molar-refractivity contribution in [2.24, 2.45) is 0 Å². The summed E-state index contributed by atoms with van der Waals surface area (Å²) in [6.45, 7) is -0.688. The highest BCUT2D eigenvalue weighted by Crippen LogP contribution is 2.47. The number of ether oxygens (including phenoxy) is 4. The van der Waals surface area contributed by atoms with Gasteiger partial charge in [0.25, 0.3) is 0 Å². The SMILES string of the molecule is COc1cc(CCC(=O)O)cc(-c2cc(CCC(=O)O)cc(OC)c2O[C@H]2O[C@H](CO)[C@@H](O)[C@H](O)[C@H]2O)c1O. The fourth-order valence-electron chi connectivity index (χ4n) is 4.23.